The fourth-order valence-corrected chi connectivity index (χ4v) is 2.67. The molecule has 3 rings (SSSR count). The number of carbonyl (C=O) groups excluding carboxylic acids is 2. The first kappa shape index (κ1) is 18.4. The molecule has 3 aromatic rings. The Bertz CT molecular complexity index is 957. The molecule has 1 aromatic heterocycles. The van der Waals surface area contributed by atoms with Gasteiger partial charge in [-0.1, -0.05) is 12.1 Å². The van der Waals surface area contributed by atoms with Crippen LogP contribution in [-0.4, -0.2) is 21.4 Å². The Morgan fingerprint density at radius 1 is 1.00 bits per heavy atom. The van der Waals surface area contributed by atoms with Crippen LogP contribution in [-0.2, 0) is 11.3 Å². The molecule has 27 heavy (non-hydrogen) atoms. The molecule has 2 N–H and O–H groups in total. The lowest BCUT2D eigenvalue weighted by Gasteiger charge is -2.09. The van der Waals surface area contributed by atoms with Gasteiger partial charge >= 0.3 is 0 Å². The standard InChI is InChI=1S/C21H22N4O2/c1-14-15(2)25(13-23-14)20-10-8-19(9-11-20)24-21(27)18-6-4-17(5-7-18)12-22-16(3)26/h4-11,13H,12H2,1-3H3,(H,22,26)(H,24,27). The average molecular weight is 362 g/mol. The summed E-state index contributed by atoms with van der Waals surface area (Å²) < 4.78 is 2.01. The van der Waals surface area contributed by atoms with Crippen LogP contribution < -0.4 is 10.6 Å². The highest BCUT2D eigenvalue weighted by Gasteiger charge is 2.08. The molecule has 6 nitrogen and oxygen atoms in total. The zero-order chi connectivity index (χ0) is 19.4. The maximum Gasteiger partial charge on any atom is 0.255 e. The van der Waals surface area contributed by atoms with Crippen LogP contribution >= 0.6 is 0 Å². The molecule has 0 bridgehead atoms. The SMILES string of the molecule is CC(=O)NCc1ccc(C(=O)Nc2ccc(-n3cnc(C)c3C)cc2)cc1. The van der Waals surface area contributed by atoms with Crippen molar-refractivity contribution in [3.8, 4) is 5.69 Å². The van der Waals surface area contributed by atoms with Gasteiger partial charge in [0, 0.05) is 36.1 Å². The monoisotopic (exact) mass is 362 g/mol. The predicted octanol–water partition coefficient (Wildman–Crippen LogP) is 3.38. The van der Waals surface area contributed by atoms with Crippen molar-refractivity contribution in [3.63, 3.8) is 0 Å². The van der Waals surface area contributed by atoms with Crippen molar-refractivity contribution in [1.82, 2.24) is 14.9 Å². The van der Waals surface area contributed by atoms with Gasteiger partial charge in [-0.25, -0.2) is 4.98 Å². The molecule has 0 radical (unpaired) electrons. The molecule has 0 aliphatic heterocycles. The molecule has 0 fully saturated rings. The van der Waals surface area contributed by atoms with E-state index in [1.165, 1.54) is 6.92 Å². The number of nitrogens with one attached hydrogen (secondary N) is 2. The highest BCUT2D eigenvalue weighted by molar-refractivity contribution is 6.04. The van der Waals surface area contributed by atoms with E-state index in [4.69, 9.17) is 0 Å². The van der Waals surface area contributed by atoms with Gasteiger partial charge in [0.15, 0.2) is 0 Å². The molecule has 6 heteroatoms. The average Bonchev–Trinajstić information content (AvgIpc) is 3.00. The number of aromatic nitrogens is 2. The van der Waals surface area contributed by atoms with Crippen molar-refractivity contribution in [2.45, 2.75) is 27.3 Å². The zero-order valence-electron chi connectivity index (χ0n) is 15.6. The van der Waals surface area contributed by atoms with E-state index in [1.54, 1.807) is 18.5 Å². The van der Waals surface area contributed by atoms with Crippen LogP contribution in [0.1, 0.15) is 34.2 Å². The molecule has 0 aliphatic carbocycles. The summed E-state index contributed by atoms with van der Waals surface area (Å²) in [5.41, 5.74) is 5.30. The first-order chi connectivity index (χ1) is 12.9. The van der Waals surface area contributed by atoms with Gasteiger partial charge in [0.2, 0.25) is 5.91 Å². The van der Waals surface area contributed by atoms with Crippen LogP contribution in [0.25, 0.3) is 5.69 Å². The van der Waals surface area contributed by atoms with Crippen LogP contribution in [0, 0.1) is 13.8 Å². The fraction of sp³-hybridized carbons (Fsp3) is 0.190. The summed E-state index contributed by atoms with van der Waals surface area (Å²) in [7, 11) is 0. The molecule has 2 amide bonds. The third-order valence-corrected chi connectivity index (χ3v) is 4.41. The van der Waals surface area contributed by atoms with E-state index in [-0.39, 0.29) is 11.8 Å². The smallest absolute Gasteiger partial charge is 0.255 e. The minimum Gasteiger partial charge on any atom is -0.352 e. The molecule has 1 heterocycles. The number of carbonyl (C=O) groups is 2. The second-order valence-electron chi connectivity index (χ2n) is 6.39. The molecule has 0 saturated heterocycles. The van der Waals surface area contributed by atoms with E-state index in [2.05, 4.69) is 15.6 Å². The minimum absolute atomic E-state index is 0.0821. The predicted molar refractivity (Wildman–Crippen MR) is 105 cm³/mol. The highest BCUT2D eigenvalue weighted by Crippen LogP contribution is 2.17. The summed E-state index contributed by atoms with van der Waals surface area (Å²) in [5.74, 6) is -0.259. The molecule has 0 atom stereocenters. The number of imidazole rings is 1. The Kier molecular flexibility index (Phi) is 5.35. The van der Waals surface area contributed by atoms with Gasteiger partial charge in [-0.05, 0) is 55.8 Å². The van der Waals surface area contributed by atoms with Crippen LogP contribution in [0.4, 0.5) is 5.69 Å². The first-order valence-corrected chi connectivity index (χ1v) is 8.70. The number of hydrogen-bond donors (Lipinski definition) is 2. The van der Waals surface area contributed by atoms with E-state index >= 15 is 0 Å². The number of benzene rings is 2. The van der Waals surface area contributed by atoms with Crippen LogP contribution in [0.5, 0.6) is 0 Å². The summed E-state index contributed by atoms with van der Waals surface area (Å²) in [6.45, 7) is 5.92. The van der Waals surface area contributed by atoms with Gasteiger partial charge in [-0.15, -0.1) is 0 Å². The van der Waals surface area contributed by atoms with E-state index in [0.717, 1.165) is 28.3 Å². The van der Waals surface area contributed by atoms with Crippen molar-refractivity contribution < 1.29 is 9.59 Å². The largest absolute Gasteiger partial charge is 0.352 e. The third kappa shape index (κ3) is 4.41. The number of aryl methyl sites for hydroxylation is 1. The summed E-state index contributed by atoms with van der Waals surface area (Å²) in [5, 5.41) is 5.62. The van der Waals surface area contributed by atoms with Gasteiger partial charge in [-0.3, -0.25) is 9.59 Å². The summed E-state index contributed by atoms with van der Waals surface area (Å²) >= 11 is 0. The Labute approximate surface area is 158 Å². The lowest BCUT2D eigenvalue weighted by molar-refractivity contribution is -0.119. The quantitative estimate of drug-likeness (QED) is 0.731. The minimum atomic E-state index is -0.177. The number of amides is 2. The van der Waals surface area contributed by atoms with E-state index in [0.29, 0.717) is 12.1 Å². The third-order valence-electron chi connectivity index (χ3n) is 4.41. The molecular weight excluding hydrogens is 340 g/mol. The van der Waals surface area contributed by atoms with E-state index in [1.807, 2.05) is 54.8 Å². The first-order valence-electron chi connectivity index (χ1n) is 8.70. The van der Waals surface area contributed by atoms with Gasteiger partial charge in [-0.2, -0.15) is 0 Å². The van der Waals surface area contributed by atoms with Gasteiger partial charge in [0.1, 0.15) is 0 Å². The lowest BCUT2D eigenvalue weighted by Crippen LogP contribution is -2.19. The number of rotatable bonds is 5. The maximum absolute atomic E-state index is 12.4. The molecule has 0 unspecified atom stereocenters. The number of hydrogen-bond acceptors (Lipinski definition) is 3. The van der Waals surface area contributed by atoms with Crippen LogP contribution in [0.15, 0.2) is 54.9 Å². The molecular formula is C21H22N4O2. The molecule has 0 saturated carbocycles. The second kappa shape index (κ2) is 7.86. The van der Waals surface area contributed by atoms with E-state index < -0.39 is 0 Å². The summed E-state index contributed by atoms with van der Waals surface area (Å²) in [4.78, 5) is 27.7. The van der Waals surface area contributed by atoms with Gasteiger partial charge in [0.25, 0.3) is 5.91 Å². The topological polar surface area (TPSA) is 76.0 Å². The van der Waals surface area contributed by atoms with E-state index in [9.17, 15) is 9.59 Å². The van der Waals surface area contributed by atoms with Crippen molar-refractivity contribution >= 4 is 17.5 Å². The zero-order valence-corrected chi connectivity index (χ0v) is 15.6. The fourth-order valence-electron chi connectivity index (χ4n) is 2.67. The summed E-state index contributed by atoms with van der Waals surface area (Å²) in [6, 6.07) is 14.8. The normalized spacial score (nSPS) is 10.5. The van der Waals surface area contributed by atoms with Crippen molar-refractivity contribution in [2.24, 2.45) is 0 Å². The Morgan fingerprint density at radius 3 is 2.22 bits per heavy atom. The van der Waals surface area contributed by atoms with Gasteiger partial charge < -0.3 is 15.2 Å². The number of nitrogens with zero attached hydrogens (tertiary/aromatic N) is 2. The molecule has 0 spiro atoms. The van der Waals surface area contributed by atoms with Crippen molar-refractivity contribution in [2.75, 3.05) is 5.32 Å². The van der Waals surface area contributed by atoms with Gasteiger partial charge in [0.05, 0.1) is 12.0 Å². The Hall–Kier alpha value is -3.41. The van der Waals surface area contributed by atoms with Crippen LogP contribution in [0.2, 0.25) is 0 Å². The maximum atomic E-state index is 12.4. The summed E-state index contributed by atoms with van der Waals surface area (Å²) in [6.07, 6.45) is 1.79. The molecule has 0 aliphatic rings. The molecule has 138 valence electrons. The van der Waals surface area contributed by atoms with Crippen molar-refractivity contribution in [1.29, 1.82) is 0 Å². The Balaban J connectivity index is 1.65. The molecule has 2 aromatic carbocycles. The lowest BCUT2D eigenvalue weighted by atomic mass is 10.1. The highest BCUT2D eigenvalue weighted by atomic mass is 16.2. The van der Waals surface area contributed by atoms with Crippen LogP contribution in [0.3, 0.4) is 0 Å². The van der Waals surface area contributed by atoms with Crippen molar-refractivity contribution in [3.05, 3.63) is 77.4 Å². The second-order valence-corrected chi connectivity index (χ2v) is 6.39. The number of anilines is 1. The Morgan fingerprint density at radius 2 is 1.67 bits per heavy atom.